The number of thioether (sulfide) groups is 1. The summed E-state index contributed by atoms with van der Waals surface area (Å²) in [5.41, 5.74) is 6.41. The van der Waals surface area contributed by atoms with E-state index in [9.17, 15) is 4.79 Å². The van der Waals surface area contributed by atoms with Crippen molar-refractivity contribution in [1.29, 1.82) is 0 Å². The third-order valence-corrected chi connectivity index (χ3v) is 3.08. The number of rotatable bonds is 4. The van der Waals surface area contributed by atoms with E-state index >= 15 is 0 Å². The van der Waals surface area contributed by atoms with Crippen LogP contribution in [0, 0.1) is 0 Å². The molecule has 3 N–H and O–H groups in total. The zero-order chi connectivity index (χ0) is 12.8. The third kappa shape index (κ3) is 3.46. The number of anilines is 2. The van der Waals surface area contributed by atoms with Crippen molar-refractivity contribution in [1.82, 2.24) is 9.97 Å². The lowest BCUT2D eigenvalue weighted by Gasteiger charge is -2.05. The van der Waals surface area contributed by atoms with Gasteiger partial charge in [0.2, 0.25) is 5.91 Å². The molecule has 1 amide bonds. The first-order chi connectivity index (χ1) is 8.75. The molecule has 0 saturated heterocycles. The van der Waals surface area contributed by atoms with Crippen LogP contribution >= 0.6 is 11.8 Å². The molecule has 0 atom stereocenters. The molecule has 0 aliphatic rings. The van der Waals surface area contributed by atoms with Gasteiger partial charge in [0, 0.05) is 18.1 Å². The molecule has 18 heavy (non-hydrogen) atoms. The molecule has 0 fully saturated rings. The van der Waals surface area contributed by atoms with Crippen LogP contribution in [-0.2, 0) is 4.79 Å². The fourth-order valence-electron chi connectivity index (χ4n) is 1.30. The minimum atomic E-state index is -0.101. The molecule has 2 aromatic rings. The quantitative estimate of drug-likeness (QED) is 0.819. The SMILES string of the molecule is Nc1nccnc1SCC(=O)Nc1ccccc1. The maximum atomic E-state index is 11.7. The van der Waals surface area contributed by atoms with Crippen molar-refractivity contribution < 1.29 is 4.79 Å². The van der Waals surface area contributed by atoms with E-state index in [2.05, 4.69) is 15.3 Å². The highest BCUT2D eigenvalue weighted by atomic mass is 32.2. The van der Waals surface area contributed by atoms with E-state index in [1.807, 2.05) is 30.3 Å². The first-order valence-electron chi connectivity index (χ1n) is 5.30. The van der Waals surface area contributed by atoms with Crippen molar-refractivity contribution in [3.05, 3.63) is 42.7 Å². The second kappa shape index (κ2) is 6.02. The molecule has 0 bridgehead atoms. The van der Waals surface area contributed by atoms with Crippen LogP contribution in [-0.4, -0.2) is 21.6 Å². The van der Waals surface area contributed by atoms with Crippen LogP contribution in [0.5, 0.6) is 0 Å². The summed E-state index contributed by atoms with van der Waals surface area (Å²) in [6.45, 7) is 0. The Labute approximate surface area is 109 Å². The van der Waals surface area contributed by atoms with Gasteiger partial charge in [0.05, 0.1) is 5.75 Å². The normalized spacial score (nSPS) is 10.0. The van der Waals surface area contributed by atoms with Gasteiger partial charge in [0.15, 0.2) is 5.82 Å². The van der Waals surface area contributed by atoms with Crippen molar-refractivity contribution in [3.63, 3.8) is 0 Å². The lowest BCUT2D eigenvalue weighted by atomic mass is 10.3. The summed E-state index contributed by atoms with van der Waals surface area (Å²) in [5, 5.41) is 3.35. The number of hydrogen-bond acceptors (Lipinski definition) is 5. The lowest BCUT2D eigenvalue weighted by molar-refractivity contribution is -0.113. The molecule has 1 heterocycles. The number of carbonyl (C=O) groups excluding carboxylic acids is 1. The van der Waals surface area contributed by atoms with Crippen LogP contribution in [0.3, 0.4) is 0 Å². The summed E-state index contributed by atoms with van der Waals surface area (Å²) in [7, 11) is 0. The first-order valence-corrected chi connectivity index (χ1v) is 6.28. The highest BCUT2D eigenvalue weighted by Gasteiger charge is 2.06. The zero-order valence-corrected chi connectivity index (χ0v) is 10.4. The standard InChI is InChI=1S/C12H12N4OS/c13-11-12(15-7-6-14-11)18-8-10(17)16-9-4-2-1-3-5-9/h1-7H,8H2,(H2,13,14)(H,16,17). The van der Waals surface area contributed by atoms with Gasteiger partial charge in [0.1, 0.15) is 5.03 Å². The number of nitrogens with one attached hydrogen (secondary N) is 1. The number of nitrogens with zero attached hydrogens (tertiary/aromatic N) is 2. The summed E-state index contributed by atoms with van der Waals surface area (Å²) in [6.07, 6.45) is 3.07. The molecule has 2 rings (SSSR count). The smallest absolute Gasteiger partial charge is 0.234 e. The molecule has 6 heteroatoms. The number of amides is 1. The second-order valence-corrected chi connectivity index (χ2v) is 4.41. The monoisotopic (exact) mass is 260 g/mol. The number of benzene rings is 1. The van der Waals surface area contributed by atoms with Crippen LogP contribution in [0.4, 0.5) is 11.5 Å². The molecule has 1 aromatic carbocycles. The molecule has 92 valence electrons. The fourth-order valence-corrected chi connectivity index (χ4v) is 1.98. The molecule has 0 aliphatic carbocycles. The van der Waals surface area contributed by atoms with Gasteiger partial charge in [-0.25, -0.2) is 9.97 Å². The Morgan fingerprint density at radius 3 is 2.67 bits per heavy atom. The van der Waals surface area contributed by atoms with Crippen LogP contribution in [0.25, 0.3) is 0 Å². The molecule has 0 unspecified atom stereocenters. The summed E-state index contributed by atoms with van der Waals surface area (Å²) in [5.74, 6) is 0.490. The van der Waals surface area contributed by atoms with Crippen molar-refractivity contribution in [2.45, 2.75) is 5.03 Å². The number of para-hydroxylation sites is 1. The molecule has 0 aliphatic heterocycles. The molecule has 5 nitrogen and oxygen atoms in total. The number of hydrogen-bond donors (Lipinski definition) is 2. The highest BCUT2D eigenvalue weighted by Crippen LogP contribution is 2.19. The van der Waals surface area contributed by atoms with Gasteiger partial charge < -0.3 is 11.1 Å². The number of nitrogen functional groups attached to an aromatic ring is 1. The molecular formula is C12H12N4OS. The zero-order valence-electron chi connectivity index (χ0n) is 9.54. The van der Waals surface area contributed by atoms with Crippen LogP contribution in [0.2, 0.25) is 0 Å². The van der Waals surface area contributed by atoms with Gasteiger partial charge in [-0.2, -0.15) is 0 Å². The predicted molar refractivity (Wildman–Crippen MR) is 72.2 cm³/mol. The van der Waals surface area contributed by atoms with Crippen molar-refractivity contribution in [3.8, 4) is 0 Å². The largest absolute Gasteiger partial charge is 0.381 e. The minimum Gasteiger partial charge on any atom is -0.381 e. The van der Waals surface area contributed by atoms with E-state index in [0.717, 1.165) is 5.69 Å². The Balaban J connectivity index is 1.88. The maximum absolute atomic E-state index is 11.7. The Morgan fingerprint density at radius 2 is 1.94 bits per heavy atom. The van der Waals surface area contributed by atoms with Crippen molar-refractivity contribution >= 4 is 29.2 Å². The van der Waals surface area contributed by atoms with Crippen molar-refractivity contribution in [2.75, 3.05) is 16.8 Å². The fraction of sp³-hybridized carbons (Fsp3) is 0.0833. The minimum absolute atomic E-state index is 0.101. The Hall–Kier alpha value is -2.08. The van der Waals surface area contributed by atoms with E-state index < -0.39 is 0 Å². The Morgan fingerprint density at radius 1 is 1.22 bits per heavy atom. The van der Waals surface area contributed by atoms with E-state index in [4.69, 9.17) is 5.73 Å². The van der Waals surface area contributed by atoms with Crippen molar-refractivity contribution in [2.24, 2.45) is 0 Å². The van der Waals surface area contributed by atoms with Gasteiger partial charge in [0.25, 0.3) is 0 Å². The van der Waals surface area contributed by atoms with E-state index in [-0.39, 0.29) is 11.7 Å². The summed E-state index contributed by atoms with van der Waals surface area (Å²) >= 11 is 1.26. The van der Waals surface area contributed by atoms with Gasteiger partial charge in [-0.05, 0) is 12.1 Å². The van der Waals surface area contributed by atoms with E-state index in [1.54, 1.807) is 6.20 Å². The third-order valence-electron chi connectivity index (χ3n) is 2.09. The van der Waals surface area contributed by atoms with Gasteiger partial charge in [-0.15, -0.1) is 0 Å². The van der Waals surface area contributed by atoms with Crippen LogP contribution in [0.15, 0.2) is 47.8 Å². The molecule has 1 aromatic heterocycles. The summed E-state index contributed by atoms with van der Waals surface area (Å²) in [4.78, 5) is 19.6. The maximum Gasteiger partial charge on any atom is 0.234 e. The van der Waals surface area contributed by atoms with E-state index in [1.165, 1.54) is 18.0 Å². The topological polar surface area (TPSA) is 80.9 Å². The average molecular weight is 260 g/mol. The predicted octanol–water partition coefficient (Wildman–Crippen LogP) is 1.79. The van der Waals surface area contributed by atoms with Crippen LogP contribution < -0.4 is 11.1 Å². The molecule has 0 saturated carbocycles. The molecular weight excluding hydrogens is 248 g/mol. The Kier molecular flexibility index (Phi) is 4.14. The lowest BCUT2D eigenvalue weighted by Crippen LogP contribution is -2.14. The average Bonchev–Trinajstić information content (AvgIpc) is 2.39. The highest BCUT2D eigenvalue weighted by molar-refractivity contribution is 8.00. The van der Waals surface area contributed by atoms with Crippen LogP contribution in [0.1, 0.15) is 0 Å². The van der Waals surface area contributed by atoms with Gasteiger partial charge in [-0.1, -0.05) is 30.0 Å². The second-order valence-electron chi connectivity index (χ2n) is 3.45. The molecule has 0 spiro atoms. The number of aromatic nitrogens is 2. The Bertz CT molecular complexity index is 533. The van der Waals surface area contributed by atoms with Gasteiger partial charge in [-0.3, -0.25) is 4.79 Å². The first kappa shape index (κ1) is 12.4. The molecule has 0 radical (unpaired) electrons. The van der Waals surface area contributed by atoms with Gasteiger partial charge >= 0.3 is 0 Å². The number of nitrogens with two attached hydrogens (primary N) is 1. The number of carbonyl (C=O) groups is 1. The summed E-state index contributed by atoms with van der Waals surface area (Å²) < 4.78 is 0. The summed E-state index contributed by atoms with van der Waals surface area (Å²) in [6, 6.07) is 9.29. The van der Waals surface area contributed by atoms with E-state index in [0.29, 0.717) is 10.8 Å².